The number of likely N-dealkylation sites (N-methyl/N-ethyl adjacent to an activating group) is 1. The Bertz CT molecular complexity index is 915. The zero-order valence-electron chi connectivity index (χ0n) is 14.6. The van der Waals surface area contributed by atoms with Gasteiger partial charge in [0.1, 0.15) is 11.7 Å². The molecule has 148 valence electrons. The number of anilines is 1. The number of rotatable bonds is 3. The molecule has 0 unspecified atom stereocenters. The first-order valence-corrected chi connectivity index (χ1v) is 9.05. The Morgan fingerprint density at radius 1 is 1.18 bits per heavy atom. The van der Waals surface area contributed by atoms with E-state index in [1.165, 1.54) is 36.2 Å². The van der Waals surface area contributed by atoms with Crippen molar-refractivity contribution in [2.75, 3.05) is 18.9 Å². The van der Waals surface area contributed by atoms with Gasteiger partial charge in [-0.3, -0.25) is 9.59 Å². The molecule has 0 saturated carbocycles. The van der Waals surface area contributed by atoms with Gasteiger partial charge in [0.2, 0.25) is 11.8 Å². The van der Waals surface area contributed by atoms with E-state index in [0.717, 1.165) is 18.2 Å². The summed E-state index contributed by atoms with van der Waals surface area (Å²) in [6.45, 7) is 0.201. The third-order valence-electron chi connectivity index (χ3n) is 4.65. The molecule has 1 fully saturated rings. The molecular weight excluding hydrogens is 444 g/mol. The molecule has 0 spiro atoms. The highest BCUT2D eigenvalue weighted by Crippen LogP contribution is 2.36. The number of hydrogen-bond donors (Lipinski definition) is 1. The topological polar surface area (TPSA) is 49.4 Å². The number of hydrogen-bond acceptors (Lipinski definition) is 2. The number of amides is 2. The van der Waals surface area contributed by atoms with Crippen LogP contribution in [0.4, 0.5) is 23.2 Å². The van der Waals surface area contributed by atoms with Crippen molar-refractivity contribution in [1.29, 1.82) is 0 Å². The van der Waals surface area contributed by atoms with E-state index >= 15 is 0 Å². The molecular formula is C19H15BrF4N2O2. The molecule has 2 atom stereocenters. The highest BCUT2D eigenvalue weighted by molar-refractivity contribution is 9.10. The van der Waals surface area contributed by atoms with E-state index < -0.39 is 41.2 Å². The first-order chi connectivity index (χ1) is 13.1. The number of likely N-dealkylation sites (tertiary alicyclic amines) is 1. The van der Waals surface area contributed by atoms with E-state index in [1.807, 2.05) is 0 Å². The van der Waals surface area contributed by atoms with Crippen LogP contribution in [0.15, 0.2) is 46.9 Å². The fourth-order valence-corrected chi connectivity index (χ4v) is 3.66. The van der Waals surface area contributed by atoms with Crippen molar-refractivity contribution in [3.63, 3.8) is 0 Å². The first-order valence-electron chi connectivity index (χ1n) is 8.26. The molecule has 2 aromatic carbocycles. The van der Waals surface area contributed by atoms with Crippen molar-refractivity contribution in [1.82, 2.24) is 4.90 Å². The maximum absolute atomic E-state index is 13.2. The van der Waals surface area contributed by atoms with Crippen LogP contribution in [0.1, 0.15) is 17.0 Å². The Kier molecular flexibility index (Phi) is 5.47. The van der Waals surface area contributed by atoms with Gasteiger partial charge in [-0.25, -0.2) is 4.39 Å². The van der Waals surface area contributed by atoms with Crippen LogP contribution in [0, 0.1) is 11.7 Å². The summed E-state index contributed by atoms with van der Waals surface area (Å²) in [7, 11) is 1.53. The van der Waals surface area contributed by atoms with Crippen LogP contribution >= 0.6 is 15.9 Å². The molecule has 4 nitrogen and oxygen atoms in total. The number of carbonyl (C=O) groups is 2. The van der Waals surface area contributed by atoms with Crippen LogP contribution in [0.2, 0.25) is 0 Å². The quantitative estimate of drug-likeness (QED) is 0.546. The second-order valence-electron chi connectivity index (χ2n) is 6.54. The van der Waals surface area contributed by atoms with Crippen molar-refractivity contribution in [2.24, 2.45) is 5.92 Å². The predicted molar refractivity (Wildman–Crippen MR) is 98.0 cm³/mol. The molecule has 1 heterocycles. The molecule has 28 heavy (non-hydrogen) atoms. The van der Waals surface area contributed by atoms with Crippen molar-refractivity contribution >= 4 is 33.4 Å². The van der Waals surface area contributed by atoms with Crippen molar-refractivity contribution in [2.45, 2.75) is 12.1 Å². The first kappa shape index (κ1) is 20.3. The number of halogens is 5. The van der Waals surface area contributed by atoms with Crippen LogP contribution < -0.4 is 5.32 Å². The van der Waals surface area contributed by atoms with Gasteiger partial charge >= 0.3 is 6.18 Å². The number of carbonyl (C=O) groups excluding carboxylic acids is 2. The number of nitrogens with one attached hydrogen (secondary N) is 1. The Morgan fingerprint density at radius 2 is 1.82 bits per heavy atom. The van der Waals surface area contributed by atoms with Gasteiger partial charge in [0.25, 0.3) is 0 Å². The van der Waals surface area contributed by atoms with Crippen molar-refractivity contribution < 1.29 is 27.2 Å². The average molecular weight is 459 g/mol. The van der Waals surface area contributed by atoms with Gasteiger partial charge in [-0.05, 0) is 51.8 Å². The molecule has 0 radical (unpaired) electrons. The minimum Gasteiger partial charge on any atom is -0.344 e. The molecule has 2 amide bonds. The van der Waals surface area contributed by atoms with Crippen molar-refractivity contribution in [3.8, 4) is 0 Å². The van der Waals surface area contributed by atoms with E-state index in [1.54, 1.807) is 0 Å². The predicted octanol–water partition coefficient (Wildman–Crippen LogP) is 4.42. The lowest BCUT2D eigenvalue weighted by Crippen LogP contribution is -2.32. The third-order valence-corrected chi connectivity index (χ3v) is 5.31. The van der Waals surface area contributed by atoms with Gasteiger partial charge in [-0.2, -0.15) is 13.2 Å². The number of nitrogens with zero attached hydrogens (tertiary/aromatic N) is 1. The Labute approximate surface area is 166 Å². The van der Waals surface area contributed by atoms with E-state index in [9.17, 15) is 27.2 Å². The van der Waals surface area contributed by atoms with Gasteiger partial charge in [0.15, 0.2) is 0 Å². The smallest absolute Gasteiger partial charge is 0.344 e. The Hall–Kier alpha value is -2.42. The minimum absolute atomic E-state index is 0.201. The SMILES string of the molecule is CN1C[C@H](c2ccc(C(F)(F)F)cc2)[C@@H](C(=O)Nc2ccc(F)cc2Br)C1=O. The summed E-state index contributed by atoms with van der Waals surface area (Å²) in [6.07, 6.45) is -4.47. The zero-order valence-corrected chi connectivity index (χ0v) is 16.1. The summed E-state index contributed by atoms with van der Waals surface area (Å²) in [4.78, 5) is 26.6. The molecule has 1 aliphatic heterocycles. The average Bonchev–Trinajstić information content (AvgIpc) is 2.92. The number of benzene rings is 2. The molecule has 2 aromatic rings. The lowest BCUT2D eigenvalue weighted by Gasteiger charge is -2.18. The lowest BCUT2D eigenvalue weighted by molar-refractivity contribution is -0.138. The van der Waals surface area contributed by atoms with E-state index in [4.69, 9.17) is 0 Å². The van der Waals surface area contributed by atoms with Crippen LogP contribution in [-0.2, 0) is 15.8 Å². The highest BCUT2D eigenvalue weighted by Gasteiger charge is 2.44. The van der Waals surface area contributed by atoms with Gasteiger partial charge < -0.3 is 10.2 Å². The standard InChI is InChI=1S/C19H15BrF4N2O2/c1-26-9-13(10-2-4-11(5-3-10)19(22,23)24)16(18(26)28)17(27)25-15-7-6-12(21)8-14(15)20/h2-8,13,16H,9H2,1H3,(H,25,27)/t13-,16+/m1/s1. The van der Waals surface area contributed by atoms with E-state index in [0.29, 0.717) is 15.7 Å². The number of alkyl halides is 3. The molecule has 0 aromatic heterocycles. The van der Waals surface area contributed by atoms with E-state index in [2.05, 4.69) is 21.2 Å². The van der Waals surface area contributed by atoms with Gasteiger partial charge in [-0.1, -0.05) is 12.1 Å². The molecule has 0 aliphatic carbocycles. The normalized spacial score (nSPS) is 19.8. The Balaban J connectivity index is 1.87. The van der Waals surface area contributed by atoms with Crippen molar-refractivity contribution in [3.05, 3.63) is 63.9 Å². The fraction of sp³-hybridized carbons (Fsp3) is 0.263. The monoisotopic (exact) mass is 458 g/mol. The highest BCUT2D eigenvalue weighted by atomic mass is 79.9. The van der Waals surface area contributed by atoms with Gasteiger partial charge in [0, 0.05) is 24.0 Å². The molecule has 3 rings (SSSR count). The molecule has 1 saturated heterocycles. The molecule has 1 aliphatic rings. The van der Waals surface area contributed by atoms with Crippen LogP contribution in [0.5, 0.6) is 0 Å². The zero-order chi connectivity index (χ0) is 20.6. The summed E-state index contributed by atoms with van der Waals surface area (Å²) in [5.41, 5.74) is -0.0471. The summed E-state index contributed by atoms with van der Waals surface area (Å²) in [5.74, 6) is -3.23. The Morgan fingerprint density at radius 3 is 2.39 bits per heavy atom. The molecule has 9 heteroatoms. The summed E-state index contributed by atoms with van der Waals surface area (Å²) < 4.78 is 51.9. The second-order valence-corrected chi connectivity index (χ2v) is 7.39. The minimum atomic E-state index is -4.47. The fourth-order valence-electron chi connectivity index (χ4n) is 3.21. The van der Waals surface area contributed by atoms with Crippen LogP contribution in [0.25, 0.3) is 0 Å². The van der Waals surface area contributed by atoms with Gasteiger partial charge in [-0.15, -0.1) is 0 Å². The summed E-state index contributed by atoms with van der Waals surface area (Å²) in [5, 5.41) is 2.59. The van der Waals surface area contributed by atoms with E-state index in [-0.39, 0.29) is 6.54 Å². The molecule has 0 bridgehead atoms. The maximum atomic E-state index is 13.2. The second kappa shape index (κ2) is 7.54. The lowest BCUT2D eigenvalue weighted by atomic mass is 9.87. The van der Waals surface area contributed by atoms with Crippen LogP contribution in [-0.4, -0.2) is 30.3 Å². The summed E-state index contributed by atoms with van der Waals surface area (Å²) in [6, 6.07) is 8.13. The van der Waals surface area contributed by atoms with Crippen LogP contribution in [0.3, 0.4) is 0 Å². The molecule has 1 N–H and O–H groups in total. The maximum Gasteiger partial charge on any atom is 0.416 e. The third kappa shape index (κ3) is 4.04. The largest absolute Gasteiger partial charge is 0.416 e. The summed E-state index contributed by atoms with van der Waals surface area (Å²) >= 11 is 3.14. The van der Waals surface area contributed by atoms with Gasteiger partial charge in [0.05, 0.1) is 11.3 Å².